The number of rotatable bonds is 2. The van der Waals surface area contributed by atoms with Crippen molar-refractivity contribution in [2.75, 3.05) is 18.0 Å². The number of nitrogens with zero attached hydrogens (tertiary/aromatic N) is 1. The van der Waals surface area contributed by atoms with Gasteiger partial charge in [0.1, 0.15) is 0 Å². The van der Waals surface area contributed by atoms with E-state index in [2.05, 4.69) is 20.8 Å². The topological polar surface area (TPSA) is 40.5 Å². The Morgan fingerprint density at radius 1 is 1.38 bits per heavy atom. The lowest BCUT2D eigenvalue weighted by atomic mass is 9.71. The van der Waals surface area contributed by atoms with E-state index in [9.17, 15) is 9.90 Å². The molecule has 0 bridgehead atoms. The lowest BCUT2D eigenvalue weighted by Crippen LogP contribution is -2.53. The number of carbonyl (C=O) groups is 1. The monoisotopic (exact) mass is 351 g/mol. The smallest absolute Gasteiger partial charge is 0.161 e. The number of ketones is 1. The summed E-state index contributed by atoms with van der Waals surface area (Å²) in [7, 11) is 0. The van der Waals surface area contributed by atoms with Gasteiger partial charge >= 0.3 is 0 Å². The fourth-order valence-electron chi connectivity index (χ4n) is 3.86. The Labute approximate surface area is 134 Å². The van der Waals surface area contributed by atoms with Crippen LogP contribution in [0, 0.1) is 5.92 Å². The number of anilines is 1. The molecule has 2 atom stereocenters. The highest BCUT2D eigenvalue weighted by Gasteiger charge is 2.43. The minimum atomic E-state index is -0.472. The molecule has 2 aliphatic rings. The van der Waals surface area contributed by atoms with Crippen LogP contribution in [0.15, 0.2) is 22.7 Å². The molecule has 0 spiro atoms. The van der Waals surface area contributed by atoms with Crippen molar-refractivity contribution in [3.63, 3.8) is 0 Å². The molecule has 1 N–H and O–H groups in total. The third-order valence-electron chi connectivity index (χ3n) is 5.11. The molecular formula is C17H22BrNO2. The van der Waals surface area contributed by atoms with Crippen LogP contribution in [0.25, 0.3) is 0 Å². The van der Waals surface area contributed by atoms with E-state index in [-0.39, 0.29) is 5.78 Å². The summed E-state index contributed by atoms with van der Waals surface area (Å²) in [5, 5.41) is 10.8. The van der Waals surface area contributed by atoms with Gasteiger partial charge < -0.3 is 10.0 Å². The number of hydrogen-bond donors (Lipinski definition) is 1. The highest BCUT2D eigenvalue weighted by Crippen LogP contribution is 2.41. The molecule has 1 aromatic rings. The van der Waals surface area contributed by atoms with Crippen LogP contribution >= 0.6 is 15.9 Å². The molecule has 3 nitrogen and oxygen atoms in total. The zero-order valence-corrected chi connectivity index (χ0v) is 14.0. The van der Waals surface area contributed by atoms with E-state index in [1.165, 1.54) is 6.42 Å². The second kappa shape index (κ2) is 5.73. The van der Waals surface area contributed by atoms with Crippen molar-refractivity contribution in [1.82, 2.24) is 0 Å². The maximum Gasteiger partial charge on any atom is 0.161 e. The zero-order chi connectivity index (χ0) is 15.0. The van der Waals surface area contributed by atoms with Crippen molar-refractivity contribution in [2.45, 2.75) is 44.6 Å². The molecule has 1 aromatic carbocycles. The van der Waals surface area contributed by atoms with Gasteiger partial charge in [-0.15, -0.1) is 0 Å². The lowest BCUT2D eigenvalue weighted by Gasteiger charge is -2.48. The van der Waals surface area contributed by atoms with Gasteiger partial charge in [-0.2, -0.15) is 0 Å². The third-order valence-corrected chi connectivity index (χ3v) is 5.60. The van der Waals surface area contributed by atoms with Gasteiger partial charge in [0, 0.05) is 34.7 Å². The quantitative estimate of drug-likeness (QED) is 0.824. The van der Waals surface area contributed by atoms with E-state index in [0.717, 1.165) is 54.5 Å². The number of piperidine rings is 1. The van der Waals surface area contributed by atoms with Gasteiger partial charge in [-0.3, -0.25) is 4.79 Å². The average Bonchev–Trinajstić information content (AvgIpc) is 2.46. The Balaban J connectivity index is 1.87. The summed E-state index contributed by atoms with van der Waals surface area (Å²) in [6.45, 7) is 3.31. The number of Topliss-reactive ketones (excluding diaryl/α,β-unsaturated/α-hetero) is 1. The summed E-state index contributed by atoms with van der Waals surface area (Å²) in [6.07, 6.45) is 5.19. The minimum Gasteiger partial charge on any atom is -0.389 e. The van der Waals surface area contributed by atoms with Crippen molar-refractivity contribution in [1.29, 1.82) is 0 Å². The highest BCUT2D eigenvalue weighted by molar-refractivity contribution is 9.10. The van der Waals surface area contributed by atoms with E-state index in [0.29, 0.717) is 5.92 Å². The van der Waals surface area contributed by atoms with Crippen molar-refractivity contribution in [2.24, 2.45) is 5.92 Å². The Kier molecular flexibility index (Phi) is 4.10. The standard InChI is InChI=1S/C17H22BrNO2/c1-12(20)15-10-14(18)5-6-16(15)19-9-8-17(21)7-3-2-4-13(17)11-19/h5-6,10,13,21H,2-4,7-9,11H2,1H3. The first-order valence-electron chi connectivity index (χ1n) is 7.77. The Bertz CT molecular complexity index is 560. The Morgan fingerprint density at radius 3 is 2.95 bits per heavy atom. The van der Waals surface area contributed by atoms with Crippen LogP contribution in [0.2, 0.25) is 0 Å². The van der Waals surface area contributed by atoms with Gasteiger partial charge in [0.15, 0.2) is 5.78 Å². The van der Waals surface area contributed by atoms with E-state index in [4.69, 9.17) is 0 Å². The number of carbonyl (C=O) groups excluding carboxylic acids is 1. The predicted molar refractivity (Wildman–Crippen MR) is 87.9 cm³/mol. The van der Waals surface area contributed by atoms with Gasteiger partial charge in [-0.25, -0.2) is 0 Å². The number of aliphatic hydroxyl groups is 1. The van der Waals surface area contributed by atoms with E-state index in [1.54, 1.807) is 6.92 Å². The Hall–Kier alpha value is -0.870. The summed E-state index contributed by atoms with van der Waals surface area (Å²) in [5.41, 5.74) is 1.31. The van der Waals surface area contributed by atoms with Gasteiger partial charge in [0.05, 0.1) is 5.60 Å². The first-order chi connectivity index (χ1) is 9.99. The first kappa shape index (κ1) is 15.0. The van der Waals surface area contributed by atoms with Crippen LogP contribution in [0.4, 0.5) is 5.69 Å². The van der Waals surface area contributed by atoms with Crippen molar-refractivity contribution < 1.29 is 9.90 Å². The maximum atomic E-state index is 11.9. The fourth-order valence-corrected chi connectivity index (χ4v) is 4.22. The summed E-state index contributed by atoms with van der Waals surface area (Å²) in [4.78, 5) is 14.2. The van der Waals surface area contributed by atoms with Crippen molar-refractivity contribution >= 4 is 27.4 Å². The summed E-state index contributed by atoms with van der Waals surface area (Å²) in [5.74, 6) is 0.430. The van der Waals surface area contributed by atoms with Gasteiger partial charge in [-0.1, -0.05) is 28.8 Å². The normalized spacial score (nSPS) is 29.1. The van der Waals surface area contributed by atoms with Crippen molar-refractivity contribution in [3.8, 4) is 0 Å². The molecule has 21 heavy (non-hydrogen) atoms. The molecule has 114 valence electrons. The van der Waals surface area contributed by atoms with Crippen LogP contribution < -0.4 is 4.90 Å². The number of hydrogen-bond acceptors (Lipinski definition) is 3. The number of benzene rings is 1. The third kappa shape index (κ3) is 2.88. The minimum absolute atomic E-state index is 0.0933. The largest absolute Gasteiger partial charge is 0.389 e. The average molecular weight is 352 g/mol. The molecule has 1 aliphatic heterocycles. The van der Waals surface area contributed by atoms with Crippen LogP contribution in [-0.2, 0) is 0 Å². The van der Waals surface area contributed by atoms with Crippen LogP contribution in [0.3, 0.4) is 0 Å². The SMILES string of the molecule is CC(=O)c1cc(Br)ccc1N1CCC2(O)CCCCC2C1. The number of halogens is 1. The fraction of sp³-hybridized carbons (Fsp3) is 0.588. The van der Waals surface area contributed by atoms with Gasteiger partial charge in [0.25, 0.3) is 0 Å². The molecule has 0 radical (unpaired) electrons. The van der Waals surface area contributed by atoms with Gasteiger partial charge in [-0.05, 0) is 44.4 Å². The molecule has 2 unspecified atom stereocenters. The molecule has 1 aliphatic carbocycles. The molecule has 1 saturated heterocycles. The molecular weight excluding hydrogens is 330 g/mol. The molecule has 0 aromatic heterocycles. The predicted octanol–water partition coefficient (Wildman–Crippen LogP) is 3.78. The van der Waals surface area contributed by atoms with Gasteiger partial charge in [0.2, 0.25) is 0 Å². The summed E-state index contributed by atoms with van der Waals surface area (Å²) >= 11 is 3.44. The van der Waals surface area contributed by atoms with Crippen molar-refractivity contribution in [3.05, 3.63) is 28.2 Å². The first-order valence-corrected chi connectivity index (χ1v) is 8.57. The maximum absolute atomic E-state index is 11.9. The highest BCUT2D eigenvalue weighted by atomic mass is 79.9. The second-order valence-corrected chi connectivity index (χ2v) is 7.38. The summed E-state index contributed by atoms with van der Waals surface area (Å²) < 4.78 is 0.933. The second-order valence-electron chi connectivity index (χ2n) is 6.46. The van der Waals surface area contributed by atoms with Crippen LogP contribution in [0.5, 0.6) is 0 Å². The molecule has 0 amide bonds. The zero-order valence-electron chi connectivity index (χ0n) is 12.4. The van der Waals surface area contributed by atoms with E-state index < -0.39 is 5.60 Å². The van der Waals surface area contributed by atoms with E-state index in [1.807, 2.05) is 18.2 Å². The molecule has 4 heteroatoms. The van der Waals surface area contributed by atoms with Crippen LogP contribution in [-0.4, -0.2) is 29.6 Å². The number of fused-ring (bicyclic) bond motifs is 1. The van der Waals surface area contributed by atoms with E-state index >= 15 is 0 Å². The Morgan fingerprint density at radius 2 is 2.19 bits per heavy atom. The van der Waals surface area contributed by atoms with Crippen LogP contribution in [0.1, 0.15) is 49.4 Å². The molecule has 2 fully saturated rings. The molecule has 1 saturated carbocycles. The molecule has 1 heterocycles. The summed E-state index contributed by atoms with van der Waals surface area (Å²) in [6, 6.07) is 5.91. The molecule has 3 rings (SSSR count). The lowest BCUT2D eigenvalue weighted by molar-refractivity contribution is -0.0612.